The molecule has 5 heterocycles. The van der Waals surface area contributed by atoms with Crippen molar-refractivity contribution in [3.8, 4) is 33.6 Å². The molecule has 10 aromatic carbocycles. The Kier molecular flexibility index (Phi) is 6.65. The van der Waals surface area contributed by atoms with E-state index in [-0.39, 0.29) is 0 Å². The van der Waals surface area contributed by atoms with Crippen LogP contribution < -0.4 is 0 Å². The molecule has 296 valence electrons. The van der Waals surface area contributed by atoms with Crippen molar-refractivity contribution in [2.24, 2.45) is 0 Å². The zero-order chi connectivity index (χ0) is 41.6. The van der Waals surface area contributed by atoms with Crippen LogP contribution in [0.5, 0.6) is 0 Å². The summed E-state index contributed by atoms with van der Waals surface area (Å²) < 4.78 is 13.8. The Morgan fingerprint density at radius 2 is 0.656 bits per heavy atom. The first-order chi connectivity index (χ1) is 31.7. The third-order valence-corrected chi connectivity index (χ3v) is 13.9. The number of para-hydroxylation sites is 5. The summed E-state index contributed by atoms with van der Waals surface area (Å²) in [6.45, 7) is 0. The van der Waals surface area contributed by atoms with Gasteiger partial charge in [-0.25, -0.2) is 0 Å². The molecule has 4 heteroatoms. The van der Waals surface area contributed by atoms with Crippen molar-refractivity contribution in [3.05, 3.63) is 212 Å². The first-order valence-electron chi connectivity index (χ1n) is 22.0. The standard InChI is InChI=1S/C60H35N3O/c1-2-12-40(13-3-1)61-52-18-8-4-14-42(52)46-30-36(22-26-56(46)61)37-23-27-57-47(31-37)43-15-5-9-19-53(43)62(57)41-25-29-59-49(35-41)48-32-38(24-28-58(48)64-59)39-33-50-44-16-6-10-20-54(44)63-55-21-11-7-17-45(55)51(34-39)60(50)63/h1-35H. The summed E-state index contributed by atoms with van der Waals surface area (Å²) >= 11 is 0. The van der Waals surface area contributed by atoms with Gasteiger partial charge >= 0.3 is 0 Å². The Labute approximate surface area is 366 Å². The maximum Gasteiger partial charge on any atom is 0.135 e. The highest BCUT2D eigenvalue weighted by molar-refractivity contribution is 6.24. The Morgan fingerprint density at radius 1 is 0.250 bits per heavy atom. The predicted molar refractivity (Wildman–Crippen MR) is 268 cm³/mol. The maximum atomic E-state index is 6.54. The van der Waals surface area contributed by atoms with Crippen molar-refractivity contribution in [1.29, 1.82) is 0 Å². The second kappa shape index (κ2) is 12.5. The lowest BCUT2D eigenvalue weighted by molar-refractivity contribution is 0.669. The number of benzene rings is 10. The highest BCUT2D eigenvalue weighted by Crippen LogP contribution is 2.44. The molecule has 15 aromatic rings. The van der Waals surface area contributed by atoms with Crippen LogP contribution in [0, 0.1) is 0 Å². The van der Waals surface area contributed by atoms with Crippen LogP contribution in [0.2, 0.25) is 0 Å². The van der Waals surface area contributed by atoms with E-state index in [1.165, 1.54) is 110 Å². The SMILES string of the molecule is c1ccc(-n2c3ccccc3c3cc(-c4ccc5c(c4)c4ccccc4n5-c4ccc5oc6ccc(-c7cc8c9ccccc9n9c%10ccccc%10c(c7)c89)cc6c5c4)ccc32)cc1. The van der Waals surface area contributed by atoms with Crippen LogP contribution in [0.4, 0.5) is 0 Å². The van der Waals surface area contributed by atoms with Gasteiger partial charge in [0.1, 0.15) is 11.2 Å². The Hall–Kier alpha value is -8.60. The molecule has 64 heavy (non-hydrogen) atoms. The molecule has 5 aromatic heterocycles. The molecule has 0 saturated carbocycles. The lowest BCUT2D eigenvalue weighted by Crippen LogP contribution is -1.93. The van der Waals surface area contributed by atoms with Crippen molar-refractivity contribution in [2.75, 3.05) is 0 Å². The van der Waals surface area contributed by atoms with Gasteiger partial charge in [-0.15, -0.1) is 0 Å². The summed E-state index contributed by atoms with van der Waals surface area (Å²) in [6.07, 6.45) is 0. The van der Waals surface area contributed by atoms with Gasteiger partial charge in [-0.2, -0.15) is 0 Å². The fraction of sp³-hybridized carbons (Fsp3) is 0. The minimum absolute atomic E-state index is 0.883. The van der Waals surface area contributed by atoms with Crippen molar-refractivity contribution in [2.45, 2.75) is 0 Å². The molecule has 0 saturated heterocycles. The Morgan fingerprint density at radius 3 is 1.25 bits per heavy atom. The second-order valence-electron chi connectivity index (χ2n) is 17.3. The van der Waals surface area contributed by atoms with E-state index in [0.29, 0.717) is 0 Å². The lowest BCUT2D eigenvalue weighted by atomic mass is 9.98. The highest BCUT2D eigenvalue weighted by Gasteiger charge is 2.21. The molecular formula is C60H35N3O. The number of nitrogens with zero attached hydrogens (tertiary/aromatic N) is 3. The molecule has 0 aliphatic rings. The number of aromatic nitrogens is 3. The van der Waals surface area contributed by atoms with Crippen LogP contribution in [0.15, 0.2) is 217 Å². The van der Waals surface area contributed by atoms with Gasteiger partial charge in [0, 0.05) is 65.2 Å². The van der Waals surface area contributed by atoms with Crippen LogP contribution in [0.3, 0.4) is 0 Å². The van der Waals surface area contributed by atoms with Gasteiger partial charge in [-0.05, 0) is 125 Å². The monoisotopic (exact) mass is 813 g/mol. The highest BCUT2D eigenvalue weighted by atomic mass is 16.3. The Balaban J connectivity index is 0.881. The molecule has 0 radical (unpaired) electrons. The van der Waals surface area contributed by atoms with E-state index in [2.05, 4.69) is 226 Å². The van der Waals surface area contributed by atoms with Gasteiger partial charge in [0.05, 0.1) is 38.6 Å². The van der Waals surface area contributed by atoms with E-state index in [0.717, 1.165) is 27.6 Å². The normalized spacial score (nSPS) is 12.4. The molecule has 0 atom stereocenters. The molecule has 4 nitrogen and oxygen atoms in total. The van der Waals surface area contributed by atoms with Crippen molar-refractivity contribution >= 4 is 104 Å². The molecule has 0 aliphatic heterocycles. The predicted octanol–water partition coefficient (Wildman–Crippen LogP) is 16.3. The van der Waals surface area contributed by atoms with Crippen molar-refractivity contribution in [3.63, 3.8) is 0 Å². The van der Waals surface area contributed by atoms with Crippen molar-refractivity contribution in [1.82, 2.24) is 13.5 Å². The van der Waals surface area contributed by atoms with Crippen LogP contribution in [0.1, 0.15) is 0 Å². The number of rotatable bonds is 4. The van der Waals surface area contributed by atoms with Crippen LogP contribution in [0.25, 0.3) is 137 Å². The molecule has 0 N–H and O–H groups in total. The summed E-state index contributed by atoms with van der Waals surface area (Å²) in [5.41, 5.74) is 17.4. The van der Waals surface area contributed by atoms with Crippen LogP contribution in [-0.4, -0.2) is 13.5 Å². The third-order valence-electron chi connectivity index (χ3n) is 13.9. The minimum Gasteiger partial charge on any atom is -0.456 e. The summed E-state index contributed by atoms with van der Waals surface area (Å²) in [4.78, 5) is 0. The molecule has 15 rings (SSSR count). The van der Waals surface area contributed by atoms with E-state index in [4.69, 9.17) is 4.42 Å². The van der Waals surface area contributed by atoms with Gasteiger partial charge < -0.3 is 18.0 Å². The number of hydrogen-bond acceptors (Lipinski definition) is 1. The quantitative estimate of drug-likeness (QED) is 0.174. The first-order valence-corrected chi connectivity index (χ1v) is 22.0. The molecule has 0 bridgehead atoms. The van der Waals surface area contributed by atoms with Crippen LogP contribution in [-0.2, 0) is 0 Å². The molecule has 0 unspecified atom stereocenters. The van der Waals surface area contributed by atoms with E-state index < -0.39 is 0 Å². The smallest absolute Gasteiger partial charge is 0.135 e. The topological polar surface area (TPSA) is 27.4 Å². The average molecular weight is 814 g/mol. The maximum absolute atomic E-state index is 6.54. The van der Waals surface area contributed by atoms with E-state index in [9.17, 15) is 0 Å². The fourth-order valence-electron chi connectivity index (χ4n) is 11.1. The first kappa shape index (κ1) is 34.0. The van der Waals surface area contributed by atoms with E-state index >= 15 is 0 Å². The molecule has 0 amide bonds. The third kappa shape index (κ3) is 4.56. The van der Waals surface area contributed by atoms with Crippen LogP contribution >= 0.6 is 0 Å². The van der Waals surface area contributed by atoms with Gasteiger partial charge in [0.15, 0.2) is 0 Å². The molecular weight excluding hydrogens is 779 g/mol. The number of fused-ring (bicyclic) bond motifs is 15. The number of furan rings is 1. The largest absolute Gasteiger partial charge is 0.456 e. The molecule has 0 aliphatic carbocycles. The summed E-state index contributed by atoms with van der Waals surface area (Å²) in [6, 6.07) is 77.7. The minimum atomic E-state index is 0.883. The molecule has 0 spiro atoms. The summed E-state index contributed by atoms with van der Waals surface area (Å²) in [7, 11) is 0. The average Bonchev–Trinajstić information content (AvgIpc) is 4.15. The lowest BCUT2D eigenvalue weighted by Gasteiger charge is -2.09. The summed E-state index contributed by atoms with van der Waals surface area (Å²) in [5, 5.41) is 12.3. The van der Waals surface area contributed by atoms with Gasteiger partial charge in [0.25, 0.3) is 0 Å². The number of hydrogen-bond donors (Lipinski definition) is 0. The second-order valence-corrected chi connectivity index (χ2v) is 17.3. The van der Waals surface area contributed by atoms with Gasteiger partial charge in [0.2, 0.25) is 0 Å². The zero-order valence-corrected chi connectivity index (χ0v) is 34.5. The van der Waals surface area contributed by atoms with E-state index in [1.54, 1.807) is 0 Å². The summed E-state index contributed by atoms with van der Waals surface area (Å²) in [5.74, 6) is 0. The van der Waals surface area contributed by atoms with Gasteiger partial charge in [-0.3, -0.25) is 0 Å². The molecule has 0 fully saturated rings. The van der Waals surface area contributed by atoms with E-state index in [1.807, 2.05) is 0 Å². The Bertz CT molecular complexity index is 4340. The van der Waals surface area contributed by atoms with Gasteiger partial charge in [-0.1, -0.05) is 109 Å². The fourth-order valence-corrected chi connectivity index (χ4v) is 11.1. The zero-order valence-electron chi connectivity index (χ0n) is 34.5. The van der Waals surface area contributed by atoms with Crippen molar-refractivity contribution < 1.29 is 4.42 Å².